The van der Waals surface area contributed by atoms with Crippen LogP contribution in [0.4, 0.5) is 13.2 Å². The fourth-order valence-corrected chi connectivity index (χ4v) is 2.70. The van der Waals surface area contributed by atoms with Gasteiger partial charge in [0.1, 0.15) is 5.01 Å². The standard InChI is InChI=1S/C15H15F3N2O2S/c1-9(7-21)19-13(22)6-12-8-23-14(20-12)10-3-2-4-11(5-10)15(16,17)18/h2-5,8-9,21H,6-7H2,1H3,(H,19,22). The fraction of sp³-hybridized carbons (Fsp3) is 0.333. The maximum Gasteiger partial charge on any atom is 0.416 e. The van der Waals surface area contributed by atoms with Crippen molar-refractivity contribution < 1.29 is 23.1 Å². The first-order valence-electron chi connectivity index (χ1n) is 6.82. The summed E-state index contributed by atoms with van der Waals surface area (Å²) in [6, 6.07) is 4.56. The zero-order chi connectivity index (χ0) is 17.0. The van der Waals surface area contributed by atoms with Crippen molar-refractivity contribution in [2.24, 2.45) is 0 Å². The molecule has 1 heterocycles. The lowest BCUT2D eigenvalue weighted by Crippen LogP contribution is -2.36. The molecule has 0 fully saturated rings. The maximum atomic E-state index is 12.7. The van der Waals surface area contributed by atoms with Crippen molar-refractivity contribution in [3.8, 4) is 10.6 Å². The Bertz CT molecular complexity index is 685. The van der Waals surface area contributed by atoms with E-state index in [2.05, 4.69) is 10.3 Å². The van der Waals surface area contributed by atoms with Gasteiger partial charge >= 0.3 is 6.18 Å². The van der Waals surface area contributed by atoms with Gasteiger partial charge in [-0.3, -0.25) is 4.79 Å². The number of aromatic nitrogens is 1. The van der Waals surface area contributed by atoms with E-state index in [1.165, 1.54) is 17.4 Å². The molecule has 4 nitrogen and oxygen atoms in total. The third kappa shape index (κ3) is 4.77. The number of amides is 1. The molecule has 2 rings (SSSR count). The molecule has 1 unspecified atom stereocenters. The van der Waals surface area contributed by atoms with E-state index < -0.39 is 11.7 Å². The van der Waals surface area contributed by atoms with Crippen LogP contribution in [0.1, 0.15) is 18.2 Å². The summed E-state index contributed by atoms with van der Waals surface area (Å²) >= 11 is 1.18. The van der Waals surface area contributed by atoms with Crippen LogP contribution in [0.3, 0.4) is 0 Å². The van der Waals surface area contributed by atoms with Crippen LogP contribution in [0.15, 0.2) is 29.6 Å². The van der Waals surface area contributed by atoms with Crippen LogP contribution >= 0.6 is 11.3 Å². The molecule has 0 spiro atoms. The van der Waals surface area contributed by atoms with Crippen LogP contribution in [0, 0.1) is 0 Å². The number of aliphatic hydroxyl groups is 1. The third-order valence-electron chi connectivity index (χ3n) is 3.01. The molecule has 0 aliphatic rings. The number of alkyl halides is 3. The summed E-state index contributed by atoms with van der Waals surface area (Å²) in [7, 11) is 0. The molecule has 1 atom stereocenters. The largest absolute Gasteiger partial charge is 0.416 e. The van der Waals surface area contributed by atoms with Crippen molar-refractivity contribution in [3.05, 3.63) is 40.9 Å². The second-order valence-corrected chi connectivity index (χ2v) is 5.91. The van der Waals surface area contributed by atoms with Crippen LogP contribution in [-0.4, -0.2) is 28.6 Å². The van der Waals surface area contributed by atoms with E-state index in [9.17, 15) is 18.0 Å². The topological polar surface area (TPSA) is 62.2 Å². The molecule has 1 aromatic heterocycles. The average molecular weight is 344 g/mol. The second kappa shape index (κ2) is 7.10. The molecule has 0 aliphatic heterocycles. The van der Waals surface area contributed by atoms with Crippen molar-refractivity contribution in [3.63, 3.8) is 0 Å². The number of nitrogens with one attached hydrogen (secondary N) is 1. The number of hydrogen-bond donors (Lipinski definition) is 2. The average Bonchev–Trinajstić information content (AvgIpc) is 2.94. The molecule has 0 bridgehead atoms. The Kier molecular flexibility index (Phi) is 5.38. The molecule has 2 aromatic rings. The van der Waals surface area contributed by atoms with Gasteiger partial charge in [0.25, 0.3) is 0 Å². The van der Waals surface area contributed by atoms with Crippen molar-refractivity contribution in [2.75, 3.05) is 6.61 Å². The molecule has 0 aliphatic carbocycles. The zero-order valence-corrected chi connectivity index (χ0v) is 13.0. The maximum absolute atomic E-state index is 12.7. The Morgan fingerprint density at radius 2 is 2.17 bits per heavy atom. The number of carbonyl (C=O) groups is 1. The highest BCUT2D eigenvalue weighted by molar-refractivity contribution is 7.13. The number of hydrogen-bond acceptors (Lipinski definition) is 4. The van der Waals surface area contributed by atoms with Gasteiger partial charge in [-0.25, -0.2) is 4.98 Å². The monoisotopic (exact) mass is 344 g/mol. The van der Waals surface area contributed by atoms with Gasteiger partial charge in [0, 0.05) is 17.0 Å². The first kappa shape index (κ1) is 17.4. The minimum atomic E-state index is -4.41. The number of nitrogens with zero attached hydrogens (tertiary/aromatic N) is 1. The van der Waals surface area contributed by atoms with E-state index >= 15 is 0 Å². The van der Waals surface area contributed by atoms with Crippen LogP contribution in [0.5, 0.6) is 0 Å². The van der Waals surface area contributed by atoms with Crippen LogP contribution in [0.2, 0.25) is 0 Å². The molecule has 8 heteroatoms. The summed E-state index contributed by atoms with van der Waals surface area (Å²) in [5, 5.41) is 13.5. The predicted molar refractivity (Wildman–Crippen MR) is 80.9 cm³/mol. The lowest BCUT2D eigenvalue weighted by atomic mass is 10.1. The summed E-state index contributed by atoms with van der Waals surface area (Å²) in [6.45, 7) is 1.49. The first-order chi connectivity index (χ1) is 10.8. The van der Waals surface area contributed by atoms with E-state index in [1.54, 1.807) is 18.4 Å². The quantitative estimate of drug-likeness (QED) is 0.877. The van der Waals surface area contributed by atoms with E-state index in [0.717, 1.165) is 12.1 Å². The summed E-state index contributed by atoms with van der Waals surface area (Å²) < 4.78 is 38.2. The zero-order valence-electron chi connectivity index (χ0n) is 12.2. The van der Waals surface area contributed by atoms with Crippen molar-refractivity contribution in [2.45, 2.75) is 25.6 Å². The molecule has 0 saturated carbocycles. The predicted octanol–water partition coefficient (Wildman–Crippen LogP) is 2.87. The highest BCUT2D eigenvalue weighted by Gasteiger charge is 2.30. The summed E-state index contributed by atoms with van der Waals surface area (Å²) in [5.41, 5.74) is 0.103. The molecular formula is C15H15F3N2O2S. The third-order valence-corrected chi connectivity index (χ3v) is 3.95. The molecule has 1 amide bonds. The lowest BCUT2D eigenvalue weighted by Gasteiger charge is -2.09. The lowest BCUT2D eigenvalue weighted by molar-refractivity contribution is -0.137. The molecule has 0 saturated heterocycles. The Balaban J connectivity index is 2.12. The van der Waals surface area contributed by atoms with Gasteiger partial charge in [-0.05, 0) is 19.1 Å². The number of thiazole rings is 1. The minimum absolute atomic E-state index is 0.0137. The Morgan fingerprint density at radius 3 is 2.83 bits per heavy atom. The first-order valence-corrected chi connectivity index (χ1v) is 7.70. The van der Waals surface area contributed by atoms with Crippen LogP contribution in [0.25, 0.3) is 10.6 Å². The van der Waals surface area contributed by atoms with Gasteiger partial charge in [0.15, 0.2) is 0 Å². The molecule has 23 heavy (non-hydrogen) atoms. The number of carbonyl (C=O) groups excluding carboxylic acids is 1. The van der Waals surface area contributed by atoms with Crippen molar-refractivity contribution >= 4 is 17.2 Å². The van der Waals surface area contributed by atoms with E-state index in [-0.39, 0.29) is 25.0 Å². The van der Waals surface area contributed by atoms with E-state index in [0.29, 0.717) is 16.3 Å². The van der Waals surface area contributed by atoms with E-state index in [4.69, 9.17) is 5.11 Å². The molecule has 0 radical (unpaired) electrons. The molecule has 124 valence electrons. The van der Waals surface area contributed by atoms with Crippen LogP contribution in [-0.2, 0) is 17.4 Å². The second-order valence-electron chi connectivity index (χ2n) is 5.05. The minimum Gasteiger partial charge on any atom is -0.394 e. The number of benzene rings is 1. The Hall–Kier alpha value is -1.93. The fourth-order valence-electron chi connectivity index (χ4n) is 1.89. The Morgan fingerprint density at radius 1 is 1.43 bits per heavy atom. The van der Waals surface area contributed by atoms with Crippen LogP contribution < -0.4 is 5.32 Å². The highest BCUT2D eigenvalue weighted by atomic mass is 32.1. The normalized spacial score (nSPS) is 12.9. The van der Waals surface area contributed by atoms with Gasteiger partial charge in [0.2, 0.25) is 5.91 Å². The highest BCUT2D eigenvalue weighted by Crippen LogP contribution is 2.33. The molecule has 1 aromatic carbocycles. The van der Waals surface area contributed by atoms with Gasteiger partial charge in [-0.15, -0.1) is 11.3 Å². The SMILES string of the molecule is CC(CO)NC(=O)Cc1csc(-c2cccc(C(F)(F)F)c2)n1. The van der Waals surface area contributed by atoms with Gasteiger partial charge in [-0.1, -0.05) is 12.1 Å². The van der Waals surface area contributed by atoms with Gasteiger partial charge in [-0.2, -0.15) is 13.2 Å². The van der Waals surface area contributed by atoms with Crippen molar-refractivity contribution in [1.82, 2.24) is 10.3 Å². The van der Waals surface area contributed by atoms with E-state index in [1.807, 2.05) is 0 Å². The number of halogens is 3. The summed E-state index contributed by atoms with van der Waals surface area (Å²) in [5.74, 6) is -0.299. The molecular weight excluding hydrogens is 329 g/mol. The molecule has 2 N–H and O–H groups in total. The van der Waals surface area contributed by atoms with Crippen molar-refractivity contribution in [1.29, 1.82) is 0 Å². The van der Waals surface area contributed by atoms with Gasteiger partial charge in [0.05, 0.1) is 24.3 Å². The smallest absolute Gasteiger partial charge is 0.394 e. The number of aliphatic hydroxyl groups excluding tert-OH is 1. The summed E-state index contributed by atoms with van der Waals surface area (Å²) in [4.78, 5) is 15.9. The summed E-state index contributed by atoms with van der Waals surface area (Å²) in [6.07, 6.45) is -4.39. The van der Waals surface area contributed by atoms with Gasteiger partial charge < -0.3 is 10.4 Å². The Labute approximate surface area is 135 Å². The number of rotatable bonds is 5.